The third kappa shape index (κ3) is 2.52. The van der Waals surface area contributed by atoms with Crippen molar-refractivity contribution in [1.29, 1.82) is 0 Å². The van der Waals surface area contributed by atoms with Crippen molar-refractivity contribution in [3.63, 3.8) is 0 Å². The van der Waals surface area contributed by atoms with Gasteiger partial charge in [0.25, 0.3) is 5.91 Å². The lowest BCUT2D eigenvalue weighted by Gasteiger charge is -2.39. The van der Waals surface area contributed by atoms with Crippen LogP contribution in [0.3, 0.4) is 0 Å². The number of nitrogens with two attached hydrogens (primary N) is 2. The second-order valence-electron chi connectivity index (χ2n) is 7.16. The summed E-state index contributed by atoms with van der Waals surface area (Å²) in [4.78, 5) is 11.8. The number of nitrogens with zero attached hydrogens (tertiary/aromatic N) is 2. The standard InChI is InChI=1S/C16H22BrN5O/c1-15(2)12(4-5-16(15,3)19)21-13-10(14(18)23)7-20-22-8-9(17)6-11(13)22/h6-8,12,21H,4-5,19H2,1-3H3,(H2,18,23)/t12-,16+/m0/s1. The van der Waals surface area contributed by atoms with E-state index in [4.69, 9.17) is 11.5 Å². The number of hydrogen-bond acceptors (Lipinski definition) is 4. The number of carbonyl (C=O) groups is 1. The van der Waals surface area contributed by atoms with Crippen LogP contribution in [0, 0.1) is 5.41 Å². The highest BCUT2D eigenvalue weighted by Crippen LogP contribution is 2.46. The molecule has 6 nitrogen and oxygen atoms in total. The number of carbonyl (C=O) groups excluding carboxylic acids is 1. The van der Waals surface area contributed by atoms with Gasteiger partial charge in [-0.05, 0) is 41.8 Å². The van der Waals surface area contributed by atoms with E-state index in [0.29, 0.717) is 11.3 Å². The van der Waals surface area contributed by atoms with Crippen molar-refractivity contribution in [3.8, 4) is 0 Å². The maximum atomic E-state index is 11.8. The summed E-state index contributed by atoms with van der Waals surface area (Å²) in [5.41, 5.74) is 13.5. The molecular weight excluding hydrogens is 358 g/mol. The van der Waals surface area contributed by atoms with Crippen LogP contribution in [0.15, 0.2) is 22.9 Å². The van der Waals surface area contributed by atoms with E-state index in [9.17, 15) is 4.79 Å². The van der Waals surface area contributed by atoms with E-state index in [-0.39, 0.29) is 17.0 Å². The lowest BCUT2D eigenvalue weighted by Crippen LogP contribution is -2.51. The van der Waals surface area contributed by atoms with Crippen LogP contribution in [-0.4, -0.2) is 27.1 Å². The van der Waals surface area contributed by atoms with Crippen LogP contribution in [0.4, 0.5) is 5.69 Å². The Morgan fingerprint density at radius 3 is 2.74 bits per heavy atom. The normalized spacial score (nSPS) is 26.6. The summed E-state index contributed by atoms with van der Waals surface area (Å²) in [6.45, 7) is 6.40. The maximum Gasteiger partial charge on any atom is 0.252 e. The molecule has 0 aliphatic heterocycles. The van der Waals surface area contributed by atoms with E-state index in [0.717, 1.165) is 22.8 Å². The first-order chi connectivity index (χ1) is 10.6. The summed E-state index contributed by atoms with van der Waals surface area (Å²) < 4.78 is 2.62. The van der Waals surface area contributed by atoms with Crippen LogP contribution >= 0.6 is 15.9 Å². The van der Waals surface area contributed by atoms with Crippen LogP contribution in [0.5, 0.6) is 0 Å². The van der Waals surface area contributed by atoms with Crippen molar-refractivity contribution >= 4 is 33.0 Å². The Hall–Kier alpha value is -1.60. The molecule has 7 heteroatoms. The fourth-order valence-electron chi connectivity index (χ4n) is 3.32. The van der Waals surface area contributed by atoms with Gasteiger partial charge in [-0.2, -0.15) is 5.10 Å². The van der Waals surface area contributed by atoms with Crippen molar-refractivity contribution in [2.75, 3.05) is 5.32 Å². The fourth-order valence-corrected chi connectivity index (χ4v) is 3.73. The van der Waals surface area contributed by atoms with Gasteiger partial charge >= 0.3 is 0 Å². The molecule has 2 atom stereocenters. The van der Waals surface area contributed by atoms with Gasteiger partial charge in [-0.15, -0.1) is 0 Å². The van der Waals surface area contributed by atoms with Gasteiger partial charge in [0.05, 0.1) is 23.0 Å². The quantitative estimate of drug-likeness (QED) is 0.762. The summed E-state index contributed by atoms with van der Waals surface area (Å²) in [6.07, 6.45) is 5.22. The molecule has 2 heterocycles. The number of aromatic nitrogens is 2. The zero-order valence-electron chi connectivity index (χ0n) is 13.6. The third-order valence-corrected chi connectivity index (χ3v) is 5.92. The molecule has 3 rings (SSSR count). The molecule has 23 heavy (non-hydrogen) atoms. The second kappa shape index (κ2) is 5.21. The number of primary amides is 1. The van der Waals surface area contributed by atoms with Crippen LogP contribution in [-0.2, 0) is 0 Å². The molecule has 1 fully saturated rings. The van der Waals surface area contributed by atoms with Gasteiger partial charge < -0.3 is 16.8 Å². The van der Waals surface area contributed by atoms with Crippen molar-refractivity contribution in [2.45, 2.75) is 45.2 Å². The fraction of sp³-hybridized carbons (Fsp3) is 0.500. The molecule has 2 aromatic heterocycles. The predicted octanol–water partition coefficient (Wildman–Crippen LogP) is 2.51. The number of halogens is 1. The highest BCUT2D eigenvalue weighted by atomic mass is 79.9. The second-order valence-corrected chi connectivity index (χ2v) is 8.08. The largest absolute Gasteiger partial charge is 0.379 e. The predicted molar refractivity (Wildman–Crippen MR) is 94.4 cm³/mol. The minimum Gasteiger partial charge on any atom is -0.379 e. The van der Waals surface area contributed by atoms with E-state index in [1.807, 2.05) is 12.3 Å². The monoisotopic (exact) mass is 379 g/mol. The van der Waals surface area contributed by atoms with Crippen molar-refractivity contribution in [1.82, 2.24) is 9.61 Å². The Kier molecular flexibility index (Phi) is 3.68. The van der Waals surface area contributed by atoms with Crippen LogP contribution in [0.25, 0.3) is 5.52 Å². The van der Waals surface area contributed by atoms with Crippen LogP contribution < -0.4 is 16.8 Å². The van der Waals surface area contributed by atoms with E-state index in [1.54, 1.807) is 4.52 Å². The smallest absolute Gasteiger partial charge is 0.252 e. The molecule has 0 aromatic carbocycles. The topological polar surface area (TPSA) is 98.4 Å². The lowest BCUT2D eigenvalue weighted by molar-refractivity contribution is 0.100. The van der Waals surface area contributed by atoms with E-state index < -0.39 is 5.91 Å². The average molecular weight is 380 g/mol. The number of nitrogens with one attached hydrogen (secondary N) is 1. The molecule has 0 unspecified atom stereocenters. The lowest BCUT2D eigenvalue weighted by atomic mass is 9.75. The van der Waals surface area contributed by atoms with Gasteiger partial charge in [0, 0.05) is 27.7 Å². The number of rotatable bonds is 3. The highest BCUT2D eigenvalue weighted by molar-refractivity contribution is 9.10. The van der Waals surface area contributed by atoms with Crippen LogP contribution in [0.2, 0.25) is 0 Å². The zero-order valence-corrected chi connectivity index (χ0v) is 15.1. The first-order valence-electron chi connectivity index (χ1n) is 7.65. The zero-order chi connectivity index (χ0) is 17.0. The van der Waals surface area contributed by atoms with Gasteiger partial charge in [0.15, 0.2) is 0 Å². The van der Waals surface area contributed by atoms with Gasteiger partial charge in [-0.3, -0.25) is 4.79 Å². The van der Waals surface area contributed by atoms with Gasteiger partial charge in [0.1, 0.15) is 0 Å². The van der Waals surface area contributed by atoms with Crippen molar-refractivity contribution < 1.29 is 4.79 Å². The average Bonchev–Trinajstić information content (AvgIpc) is 2.90. The van der Waals surface area contributed by atoms with E-state index in [2.05, 4.69) is 47.1 Å². The van der Waals surface area contributed by atoms with E-state index in [1.165, 1.54) is 6.20 Å². The summed E-state index contributed by atoms with van der Waals surface area (Å²) in [5.74, 6) is -0.494. The number of amides is 1. The first kappa shape index (κ1) is 16.3. The Morgan fingerprint density at radius 1 is 1.48 bits per heavy atom. The summed E-state index contributed by atoms with van der Waals surface area (Å²) in [6, 6.07) is 2.07. The number of fused-ring (bicyclic) bond motifs is 1. The Morgan fingerprint density at radius 2 is 2.17 bits per heavy atom. The van der Waals surface area contributed by atoms with E-state index >= 15 is 0 Å². The van der Waals surface area contributed by atoms with Gasteiger partial charge in [-0.1, -0.05) is 13.8 Å². The summed E-state index contributed by atoms with van der Waals surface area (Å²) >= 11 is 3.45. The highest BCUT2D eigenvalue weighted by Gasteiger charge is 2.49. The molecule has 0 saturated heterocycles. The molecule has 0 bridgehead atoms. The van der Waals surface area contributed by atoms with Crippen molar-refractivity contribution in [2.24, 2.45) is 16.9 Å². The molecule has 124 valence electrons. The molecule has 0 radical (unpaired) electrons. The molecule has 1 saturated carbocycles. The third-order valence-electron chi connectivity index (χ3n) is 5.48. The van der Waals surface area contributed by atoms with Gasteiger partial charge in [-0.25, -0.2) is 4.52 Å². The molecule has 1 aliphatic rings. The molecule has 0 spiro atoms. The summed E-state index contributed by atoms with van der Waals surface area (Å²) in [7, 11) is 0. The number of hydrogen-bond donors (Lipinski definition) is 3. The van der Waals surface area contributed by atoms with Crippen LogP contribution in [0.1, 0.15) is 44.0 Å². The van der Waals surface area contributed by atoms with Crippen molar-refractivity contribution in [3.05, 3.63) is 28.5 Å². The molecule has 1 amide bonds. The molecular formula is C16H22BrN5O. The maximum absolute atomic E-state index is 11.8. The SMILES string of the molecule is CC1(C)[C@@H](Nc2c(C(N)=O)cnn3cc(Br)cc23)CC[C@@]1(C)N. The minimum atomic E-state index is -0.494. The Labute approximate surface area is 143 Å². The number of anilines is 1. The summed E-state index contributed by atoms with van der Waals surface area (Å²) in [5, 5.41) is 7.78. The minimum absolute atomic E-state index is 0.119. The molecule has 2 aromatic rings. The Balaban J connectivity index is 2.09. The molecule has 5 N–H and O–H groups in total. The molecule has 1 aliphatic carbocycles. The first-order valence-corrected chi connectivity index (χ1v) is 8.45. The van der Waals surface area contributed by atoms with Gasteiger partial charge in [0.2, 0.25) is 0 Å². The Bertz CT molecular complexity index is 780.